The van der Waals surface area contributed by atoms with Gasteiger partial charge in [0.2, 0.25) is 0 Å². The summed E-state index contributed by atoms with van der Waals surface area (Å²) in [6.45, 7) is 0. The predicted molar refractivity (Wildman–Crippen MR) is 186 cm³/mol. The second kappa shape index (κ2) is 9.59. The summed E-state index contributed by atoms with van der Waals surface area (Å²) in [7, 11) is 0. The zero-order valence-corrected chi connectivity index (χ0v) is 24.1. The number of hydrogen-bond acceptors (Lipinski definition) is 2. The molecule has 0 spiro atoms. The lowest BCUT2D eigenvalue weighted by Crippen LogP contribution is -2.09. The molecular weight excluding hydrogens is 541 g/mol. The molecule has 7 aromatic carbocycles. The molecule has 0 saturated heterocycles. The van der Waals surface area contributed by atoms with Crippen molar-refractivity contribution in [3.05, 3.63) is 158 Å². The number of fused-ring (bicyclic) bond motifs is 7. The Morgan fingerprint density at radius 3 is 1.93 bits per heavy atom. The summed E-state index contributed by atoms with van der Waals surface area (Å²) >= 11 is 1.87. The molecule has 0 aliphatic heterocycles. The third-order valence-corrected chi connectivity index (χ3v) is 9.65. The molecule has 2 nitrogen and oxygen atoms in total. The zero-order valence-electron chi connectivity index (χ0n) is 23.3. The standard InChI is InChI=1S/C40H26N2S/c1-3-11-29(12-4-1)41(31-20-19-27-24-36-34-16-8-10-18-39(34)43-40(36)25-28(27)23-31)32-21-22-38-35(26-32)33-15-7-9-17-37(33)42(38)30-13-5-2-6-14-30/h1-26H. The lowest BCUT2D eigenvalue weighted by Gasteiger charge is -2.26. The fourth-order valence-corrected chi connectivity index (χ4v) is 7.71. The van der Waals surface area contributed by atoms with E-state index in [1.165, 1.54) is 58.4 Å². The van der Waals surface area contributed by atoms with Crippen molar-refractivity contribution in [1.29, 1.82) is 0 Å². The van der Waals surface area contributed by atoms with Crippen LogP contribution in [0.15, 0.2) is 158 Å². The van der Waals surface area contributed by atoms with Crippen LogP contribution in [0.4, 0.5) is 17.1 Å². The lowest BCUT2D eigenvalue weighted by molar-refractivity contribution is 1.18. The van der Waals surface area contributed by atoms with Crippen LogP contribution in [0.25, 0.3) is 58.4 Å². The Morgan fingerprint density at radius 2 is 1.07 bits per heavy atom. The molecular formula is C40H26N2S. The highest BCUT2D eigenvalue weighted by Crippen LogP contribution is 2.42. The first kappa shape index (κ1) is 24.2. The fourth-order valence-electron chi connectivity index (χ4n) is 6.57. The molecule has 0 aliphatic rings. The molecule has 0 bridgehead atoms. The smallest absolute Gasteiger partial charge is 0.0542 e. The molecule has 0 aliphatic carbocycles. The molecule has 2 heterocycles. The normalized spacial score (nSPS) is 11.7. The minimum Gasteiger partial charge on any atom is -0.310 e. The van der Waals surface area contributed by atoms with Crippen molar-refractivity contribution < 1.29 is 0 Å². The van der Waals surface area contributed by atoms with Gasteiger partial charge in [0.15, 0.2) is 0 Å². The SMILES string of the molecule is c1ccc(N(c2ccc3cc4c(cc3c2)sc2ccccc24)c2ccc3c(c2)c2ccccc2n3-c2ccccc2)cc1. The van der Waals surface area contributed by atoms with E-state index in [9.17, 15) is 0 Å². The van der Waals surface area contributed by atoms with Gasteiger partial charge in [0.25, 0.3) is 0 Å². The van der Waals surface area contributed by atoms with Crippen molar-refractivity contribution in [2.24, 2.45) is 0 Å². The van der Waals surface area contributed by atoms with Crippen LogP contribution >= 0.6 is 11.3 Å². The molecule has 0 unspecified atom stereocenters. The minimum atomic E-state index is 1.14. The Hall–Kier alpha value is -5.38. The summed E-state index contributed by atoms with van der Waals surface area (Å²) in [4.78, 5) is 2.38. The minimum absolute atomic E-state index is 1.14. The van der Waals surface area contributed by atoms with E-state index in [-0.39, 0.29) is 0 Å². The fraction of sp³-hybridized carbons (Fsp3) is 0. The molecule has 0 saturated carbocycles. The van der Waals surface area contributed by atoms with Crippen LogP contribution in [0, 0.1) is 0 Å². The van der Waals surface area contributed by atoms with Gasteiger partial charge in [0.05, 0.1) is 11.0 Å². The second-order valence-electron chi connectivity index (χ2n) is 11.0. The average Bonchev–Trinajstić information content (AvgIpc) is 3.59. The van der Waals surface area contributed by atoms with Crippen LogP contribution in [-0.4, -0.2) is 4.57 Å². The molecule has 0 amide bonds. The molecule has 202 valence electrons. The molecule has 9 aromatic rings. The van der Waals surface area contributed by atoms with Crippen LogP contribution in [0.2, 0.25) is 0 Å². The van der Waals surface area contributed by atoms with Gasteiger partial charge in [-0.05, 0) is 89.6 Å². The number of nitrogens with zero attached hydrogens (tertiary/aromatic N) is 2. The van der Waals surface area contributed by atoms with E-state index in [1.54, 1.807) is 0 Å². The molecule has 9 rings (SSSR count). The van der Waals surface area contributed by atoms with Crippen LogP contribution in [0.3, 0.4) is 0 Å². The Bertz CT molecular complexity index is 2450. The van der Waals surface area contributed by atoms with Gasteiger partial charge in [-0.1, -0.05) is 78.9 Å². The zero-order chi connectivity index (χ0) is 28.3. The van der Waals surface area contributed by atoms with Gasteiger partial charge in [-0.25, -0.2) is 0 Å². The summed E-state index contributed by atoms with van der Waals surface area (Å²) < 4.78 is 5.03. The molecule has 43 heavy (non-hydrogen) atoms. The first-order valence-corrected chi connectivity index (χ1v) is 15.4. The maximum atomic E-state index is 2.38. The highest BCUT2D eigenvalue weighted by Gasteiger charge is 2.18. The van der Waals surface area contributed by atoms with Gasteiger partial charge < -0.3 is 9.47 Å². The summed E-state index contributed by atoms with van der Waals surface area (Å²) in [5.41, 5.74) is 7.00. The molecule has 0 fully saturated rings. The van der Waals surface area contributed by atoms with Crippen molar-refractivity contribution in [2.45, 2.75) is 0 Å². The van der Waals surface area contributed by atoms with Gasteiger partial charge in [-0.3, -0.25) is 0 Å². The summed E-state index contributed by atoms with van der Waals surface area (Å²) in [5.74, 6) is 0. The van der Waals surface area contributed by atoms with Crippen LogP contribution < -0.4 is 4.90 Å². The van der Waals surface area contributed by atoms with Gasteiger partial charge in [-0.2, -0.15) is 0 Å². The van der Waals surface area contributed by atoms with Crippen LogP contribution in [0.5, 0.6) is 0 Å². The van der Waals surface area contributed by atoms with Gasteiger partial charge in [0.1, 0.15) is 0 Å². The first-order valence-electron chi connectivity index (χ1n) is 14.6. The monoisotopic (exact) mass is 566 g/mol. The van der Waals surface area contributed by atoms with Crippen LogP contribution in [0.1, 0.15) is 0 Å². The Labute approximate surface area is 253 Å². The van der Waals surface area contributed by atoms with Gasteiger partial charge in [-0.15, -0.1) is 11.3 Å². The van der Waals surface area contributed by atoms with E-state index >= 15 is 0 Å². The number of thiophene rings is 1. The maximum absolute atomic E-state index is 2.38. The second-order valence-corrected chi connectivity index (χ2v) is 12.1. The molecule has 0 N–H and O–H groups in total. The third kappa shape index (κ3) is 3.86. The van der Waals surface area contributed by atoms with Crippen molar-refractivity contribution in [3.63, 3.8) is 0 Å². The van der Waals surface area contributed by atoms with Crippen molar-refractivity contribution >= 4 is 81.1 Å². The highest BCUT2D eigenvalue weighted by molar-refractivity contribution is 7.25. The van der Waals surface area contributed by atoms with Gasteiger partial charge >= 0.3 is 0 Å². The maximum Gasteiger partial charge on any atom is 0.0542 e. The average molecular weight is 567 g/mol. The van der Waals surface area contributed by atoms with Crippen LogP contribution in [-0.2, 0) is 0 Å². The van der Waals surface area contributed by atoms with Crippen molar-refractivity contribution in [1.82, 2.24) is 4.57 Å². The largest absolute Gasteiger partial charge is 0.310 e. The molecule has 3 heteroatoms. The number of para-hydroxylation sites is 3. The van der Waals surface area contributed by atoms with E-state index in [0.29, 0.717) is 0 Å². The number of anilines is 3. The van der Waals surface area contributed by atoms with Gasteiger partial charge in [0, 0.05) is 53.7 Å². The third-order valence-electron chi connectivity index (χ3n) is 8.52. The molecule has 2 aromatic heterocycles. The van der Waals surface area contributed by atoms with Crippen molar-refractivity contribution in [3.8, 4) is 5.69 Å². The summed E-state index contributed by atoms with van der Waals surface area (Å²) in [6.07, 6.45) is 0. The predicted octanol–water partition coefficient (Wildman–Crippen LogP) is 11.8. The number of hydrogen-bond donors (Lipinski definition) is 0. The molecule has 0 radical (unpaired) electrons. The Kier molecular flexibility index (Phi) is 5.40. The van der Waals surface area contributed by atoms with E-state index in [4.69, 9.17) is 0 Å². The number of aromatic nitrogens is 1. The topological polar surface area (TPSA) is 8.17 Å². The number of benzene rings is 7. The summed E-state index contributed by atoms with van der Waals surface area (Å²) in [5, 5.41) is 7.67. The lowest BCUT2D eigenvalue weighted by atomic mass is 10.0. The van der Waals surface area contributed by atoms with E-state index in [1.807, 2.05) is 11.3 Å². The number of rotatable bonds is 4. The summed E-state index contributed by atoms with van der Waals surface area (Å²) in [6, 6.07) is 57.2. The quantitative estimate of drug-likeness (QED) is 0.206. The van der Waals surface area contributed by atoms with E-state index < -0.39 is 0 Å². The Morgan fingerprint density at radius 1 is 0.395 bits per heavy atom. The van der Waals surface area contributed by atoms with E-state index in [2.05, 4.69) is 167 Å². The van der Waals surface area contributed by atoms with Crippen molar-refractivity contribution in [2.75, 3.05) is 4.90 Å². The Balaban J connectivity index is 1.26. The molecule has 0 atom stereocenters. The highest BCUT2D eigenvalue weighted by atomic mass is 32.1. The van der Waals surface area contributed by atoms with E-state index in [0.717, 1.165) is 17.1 Å². The first-order chi connectivity index (χ1) is 21.3.